The Hall–Kier alpha value is -7.02. The van der Waals surface area contributed by atoms with E-state index in [9.17, 15) is 0 Å². The molecule has 0 amide bonds. The van der Waals surface area contributed by atoms with Crippen LogP contribution in [-0.4, -0.2) is 0 Å². The summed E-state index contributed by atoms with van der Waals surface area (Å²) in [5.41, 5.74) is 13.9. The SMILES string of the molecule is C=C/C=C(\C=C/C)c1cc(-c2ccccc2)cc(C2(c3cc(-c4ccccc4)cc(-c4ccccc4)c3)c3cccc4c5ccccc5c5cccc2c5c34)c1. The molecular weight excluding hydrogens is 673 g/mol. The summed E-state index contributed by atoms with van der Waals surface area (Å²) < 4.78 is 0. The molecule has 0 bridgehead atoms. The van der Waals surface area contributed by atoms with Crippen LogP contribution in [0, 0.1) is 0 Å². The van der Waals surface area contributed by atoms with Crippen LogP contribution in [0.3, 0.4) is 0 Å². The number of hydrogen-bond acceptors (Lipinski definition) is 0. The van der Waals surface area contributed by atoms with Crippen molar-refractivity contribution in [1.29, 1.82) is 0 Å². The summed E-state index contributed by atoms with van der Waals surface area (Å²) in [7, 11) is 0. The Kier molecular flexibility index (Phi) is 8.19. The van der Waals surface area contributed by atoms with E-state index in [1.54, 1.807) is 0 Å². The molecule has 264 valence electrons. The van der Waals surface area contributed by atoms with Gasteiger partial charge in [-0.3, -0.25) is 0 Å². The standard InChI is InChI=1S/C56H40/c1-3-18-38(19-4-2)42-32-43(39-20-8-5-9-21-39)35-46(34-42)56(47-36-44(40-22-10-6-11-23-40)33-45(37-47)41-24-12-7-13-25-41)52-30-16-28-50-48-26-14-15-27-49(48)51-29-17-31-53(56)55(51)54(50)52/h3-37H,1H2,2H3/b19-4-,38-18+. The lowest BCUT2D eigenvalue weighted by molar-refractivity contribution is 0.772. The molecule has 0 N–H and O–H groups in total. The Morgan fingerprint density at radius 3 is 1.32 bits per heavy atom. The third kappa shape index (κ3) is 5.22. The average molecular weight is 713 g/mol. The van der Waals surface area contributed by atoms with Gasteiger partial charge >= 0.3 is 0 Å². The Bertz CT molecular complexity index is 2880. The third-order valence-electron chi connectivity index (χ3n) is 11.7. The molecule has 0 saturated carbocycles. The van der Waals surface area contributed by atoms with E-state index >= 15 is 0 Å². The van der Waals surface area contributed by atoms with Crippen LogP contribution in [0.1, 0.15) is 34.7 Å². The summed E-state index contributed by atoms with van der Waals surface area (Å²) in [5, 5.41) is 7.84. The highest BCUT2D eigenvalue weighted by Crippen LogP contribution is 2.58. The van der Waals surface area contributed by atoms with Crippen molar-refractivity contribution in [3.8, 4) is 33.4 Å². The van der Waals surface area contributed by atoms with E-state index in [1.165, 1.54) is 88.0 Å². The van der Waals surface area contributed by atoms with Gasteiger partial charge in [-0.05, 0) is 142 Å². The molecule has 0 aromatic heterocycles. The molecule has 0 atom stereocenters. The number of allylic oxidation sites excluding steroid dienone is 5. The molecule has 0 heterocycles. The molecule has 0 heteroatoms. The summed E-state index contributed by atoms with van der Waals surface area (Å²) in [6.07, 6.45) is 8.34. The molecule has 56 heavy (non-hydrogen) atoms. The van der Waals surface area contributed by atoms with Gasteiger partial charge in [0.25, 0.3) is 0 Å². The van der Waals surface area contributed by atoms with Crippen molar-refractivity contribution >= 4 is 37.9 Å². The predicted molar refractivity (Wildman–Crippen MR) is 240 cm³/mol. The maximum Gasteiger partial charge on any atom is 0.0714 e. The molecule has 0 aliphatic heterocycles. The molecule has 0 unspecified atom stereocenters. The second kappa shape index (κ2) is 13.7. The fourth-order valence-corrected chi connectivity index (χ4v) is 9.41. The molecular formula is C56H40. The molecule has 1 aliphatic rings. The lowest BCUT2D eigenvalue weighted by atomic mass is 9.65. The van der Waals surface area contributed by atoms with Crippen LogP contribution >= 0.6 is 0 Å². The van der Waals surface area contributed by atoms with E-state index in [2.05, 4.69) is 220 Å². The number of hydrogen-bond donors (Lipinski definition) is 0. The zero-order valence-electron chi connectivity index (χ0n) is 31.4. The van der Waals surface area contributed by atoms with Gasteiger partial charge < -0.3 is 0 Å². The molecule has 0 nitrogen and oxygen atoms in total. The maximum atomic E-state index is 4.12. The second-order valence-corrected chi connectivity index (χ2v) is 14.8. The zero-order chi connectivity index (χ0) is 37.6. The quantitative estimate of drug-likeness (QED) is 0.109. The van der Waals surface area contributed by atoms with Crippen LogP contribution in [0.15, 0.2) is 219 Å². The van der Waals surface area contributed by atoms with Gasteiger partial charge in [-0.15, -0.1) is 0 Å². The summed E-state index contributed by atoms with van der Waals surface area (Å²) >= 11 is 0. The molecule has 0 fully saturated rings. The van der Waals surface area contributed by atoms with Crippen LogP contribution in [0.25, 0.3) is 71.3 Å². The fraction of sp³-hybridized carbons (Fsp3) is 0.0357. The first-order valence-electron chi connectivity index (χ1n) is 19.5. The molecule has 0 saturated heterocycles. The van der Waals surface area contributed by atoms with Crippen molar-refractivity contribution < 1.29 is 0 Å². The van der Waals surface area contributed by atoms with Gasteiger partial charge in [0.1, 0.15) is 0 Å². The van der Waals surface area contributed by atoms with Crippen molar-refractivity contribution in [2.75, 3.05) is 0 Å². The van der Waals surface area contributed by atoms with Crippen LogP contribution in [0.2, 0.25) is 0 Å². The Labute approximate surface area is 329 Å². The second-order valence-electron chi connectivity index (χ2n) is 14.8. The van der Waals surface area contributed by atoms with E-state index in [0.29, 0.717) is 0 Å². The first kappa shape index (κ1) is 33.5. The third-order valence-corrected chi connectivity index (χ3v) is 11.7. The smallest absolute Gasteiger partial charge is 0.0714 e. The van der Waals surface area contributed by atoms with E-state index in [-0.39, 0.29) is 0 Å². The Balaban J connectivity index is 1.42. The topological polar surface area (TPSA) is 0 Å². The number of benzene rings is 9. The molecule has 0 radical (unpaired) electrons. The van der Waals surface area contributed by atoms with Crippen molar-refractivity contribution in [3.05, 3.63) is 247 Å². The minimum absolute atomic E-state index is 0.665. The van der Waals surface area contributed by atoms with Crippen molar-refractivity contribution in [1.82, 2.24) is 0 Å². The predicted octanol–water partition coefficient (Wildman–Crippen LogP) is 15.0. The first-order chi connectivity index (χ1) is 27.7. The molecule has 10 rings (SSSR count). The van der Waals surface area contributed by atoms with E-state index in [1.807, 2.05) is 6.08 Å². The van der Waals surface area contributed by atoms with Gasteiger partial charge in [0, 0.05) is 0 Å². The highest BCUT2D eigenvalue weighted by Gasteiger charge is 2.46. The van der Waals surface area contributed by atoms with Crippen molar-refractivity contribution in [3.63, 3.8) is 0 Å². The summed E-state index contributed by atoms with van der Waals surface area (Å²) in [6.45, 7) is 6.21. The highest BCUT2D eigenvalue weighted by atomic mass is 14.5. The molecule has 1 aliphatic carbocycles. The Morgan fingerprint density at radius 2 is 0.857 bits per heavy atom. The van der Waals surface area contributed by atoms with Crippen molar-refractivity contribution in [2.24, 2.45) is 0 Å². The number of fused-ring (bicyclic) bond motifs is 3. The van der Waals surface area contributed by atoms with Crippen LogP contribution in [0.5, 0.6) is 0 Å². The summed E-state index contributed by atoms with van der Waals surface area (Å²) in [5.74, 6) is 0. The van der Waals surface area contributed by atoms with Gasteiger partial charge in [0.2, 0.25) is 0 Å². The van der Waals surface area contributed by atoms with Gasteiger partial charge in [-0.1, -0.05) is 183 Å². The summed E-state index contributed by atoms with van der Waals surface area (Å²) in [4.78, 5) is 0. The minimum atomic E-state index is -0.665. The minimum Gasteiger partial charge on any atom is -0.0990 e. The monoisotopic (exact) mass is 712 g/mol. The normalized spacial score (nSPS) is 13.3. The van der Waals surface area contributed by atoms with Gasteiger partial charge in [0.05, 0.1) is 5.41 Å². The number of rotatable bonds is 8. The molecule has 9 aromatic carbocycles. The molecule has 9 aromatic rings. The lowest BCUT2D eigenvalue weighted by Crippen LogP contribution is -2.29. The van der Waals surface area contributed by atoms with Crippen molar-refractivity contribution in [2.45, 2.75) is 12.3 Å². The Morgan fingerprint density at radius 1 is 0.429 bits per heavy atom. The van der Waals surface area contributed by atoms with Gasteiger partial charge in [0.15, 0.2) is 0 Å². The average Bonchev–Trinajstić information content (AvgIpc) is 3.58. The first-order valence-corrected chi connectivity index (χ1v) is 19.5. The van der Waals surface area contributed by atoms with E-state index < -0.39 is 5.41 Å². The van der Waals surface area contributed by atoms with Gasteiger partial charge in [-0.25, -0.2) is 0 Å². The molecule has 0 spiro atoms. The summed E-state index contributed by atoms with van der Waals surface area (Å²) in [6, 6.07) is 70.0. The van der Waals surface area contributed by atoms with Crippen LogP contribution in [0.4, 0.5) is 0 Å². The largest absolute Gasteiger partial charge is 0.0990 e. The van der Waals surface area contributed by atoms with Gasteiger partial charge in [-0.2, -0.15) is 0 Å². The van der Waals surface area contributed by atoms with E-state index in [0.717, 1.165) is 11.1 Å². The maximum absolute atomic E-state index is 4.12. The van der Waals surface area contributed by atoms with Crippen LogP contribution < -0.4 is 0 Å². The highest BCUT2D eigenvalue weighted by molar-refractivity contribution is 6.29. The van der Waals surface area contributed by atoms with E-state index in [4.69, 9.17) is 0 Å². The fourth-order valence-electron chi connectivity index (χ4n) is 9.41. The zero-order valence-corrected chi connectivity index (χ0v) is 31.4. The van der Waals surface area contributed by atoms with Crippen LogP contribution in [-0.2, 0) is 5.41 Å². The lowest BCUT2D eigenvalue weighted by Gasteiger charge is -2.36.